The highest BCUT2D eigenvalue weighted by Crippen LogP contribution is 2.39. The van der Waals surface area contributed by atoms with Crippen LogP contribution in [-0.2, 0) is 17.4 Å². The average molecular weight is 415 g/mol. The Balaban J connectivity index is 2.03. The van der Waals surface area contributed by atoms with Gasteiger partial charge in [-0.2, -0.15) is 5.10 Å². The van der Waals surface area contributed by atoms with Crippen molar-refractivity contribution in [1.29, 1.82) is 0 Å². The first kappa shape index (κ1) is 22.6. The number of hydrogen-bond donors (Lipinski definition) is 1. The van der Waals surface area contributed by atoms with Gasteiger partial charge in [0.2, 0.25) is 0 Å². The fraction of sp³-hybridized carbons (Fsp3) is 0.321. The molecule has 0 aliphatic carbocycles. The normalized spacial score (nSPS) is 12.3. The Hall–Kier alpha value is -3.07. The zero-order chi connectivity index (χ0) is 22.6. The molecule has 0 unspecified atom stereocenters. The van der Waals surface area contributed by atoms with E-state index in [0.29, 0.717) is 12.3 Å². The Morgan fingerprint density at radius 2 is 1.26 bits per heavy atom. The smallest absolute Gasteiger partial charge is 0.123 e. The predicted octanol–water partition coefficient (Wildman–Crippen LogP) is 7.03. The summed E-state index contributed by atoms with van der Waals surface area (Å²) in [6, 6.07) is 24.7. The minimum absolute atomic E-state index is 0.170. The third-order valence-electron chi connectivity index (χ3n) is 5.32. The van der Waals surface area contributed by atoms with E-state index >= 15 is 0 Å². The number of rotatable bonds is 5. The van der Waals surface area contributed by atoms with Crippen LogP contribution >= 0.6 is 0 Å². The van der Waals surface area contributed by atoms with E-state index in [-0.39, 0.29) is 10.8 Å². The van der Waals surface area contributed by atoms with Crippen molar-refractivity contribution in [2.45, 2.75) is 58.9 Å². The molecule has 0 saturated heterocycles. The van der Waals surface area contributed by atoms with Gasteiger partial charge in [-0.3, -0.25) is 5.01 Å². The van der Waals surface area contributed by atoms with Gasteiger partial charge in [0.05, 0.1) is 18.4 Å². The Kier molecular flexibility index (Phi) is 6.54. The summed E-state index contributed by atoms with van der Waals surface area (Å²) in [6.07, 6.45) is 1.90. The Bertz CT molecular complexity index is 991. The largest absolute Gasteiger partial charge is 0.507 e. The van der Waals surface area contributed by atoms with Crippen LogP contribution in [-0.4, -0.2) is 11.3 Å². The number of nitrogens with zero attached hydrogens (tertiary/aromatic N) is 2. The standard InChI is InChI=1S/C28H34N2O/c1-27(2,3)24-17-22(18-25(26(24)31)28(4,5)6)19-29-30(23-15-11-8-12-16-23)20-21-13-9-7-10-14-21/h7-19,31H,20H2,1-6H3. The molecule has 0 heterocycles. The van der Waals surface area contributed by atoms with Crippen molar-refractivity contribution in [3.8, 4) is 5.75 Å². The van der Waals surface area contributed by atoms with Gasteiger partial charge in [0.25, 0.3) is 0 Å². The lowest BCUT2D eigenvalue weighted by Gasteiger charge is -2.28. The van der Waals surface area contributed by atoms with E-state index in [1.165, 1.54) is 5.56 Å². The summed E-state index contributed by atoms with van der Waals surface area (Å²) in [7, 11) is 0. The molecule has 162 valence electrons. The molecule has 0 fully saturated rings. The molecular formula is C28H34N2O. The predicted molar refractivity (Wildman–Crippen MR) is 132 cm³/mol. The van der Waals surface area contributed by atoms with Crippen molar-refractivity contribution in [2.75, 3.05) is 5.01 Å². The van der Waals surface area contributed by atoms with E-state index in [9.17, 15) is 5.11 Å². The van der Waals surface area contributed by atoms with Crippen molar-refractivity contribution in [3.05, 3.63) is 95.1 Å². The minimum atomic E-state index is -0.170. The second kappa shape index (κ2) is 8.97. The molecule has 0 spiro atoms. The van der Waals surface area contributed by atoms with Gasteiger partial charge in [0.1, 0.15) is 5.75 Å². The van der Waals surface area contributed by atoms with Crippen LogP contribution < -0.4 is 5.01 Å². The second-order valence-electron chi connectivity index (χ2n) is 10.1. The zero-order valence-corrected chi connectivity index (χ0v) is 19.6. The highest BCUT2D eigenvalue weighted by Gasteiger charge is 2.26. The van der Waals surface area contributed by atoms with Crippen LogP contribution in [0.1, 0.15) is 63.8 Å². The van der Waals surface area contributed by atoms with E-state index in [1.807, 2.05) is 47.6 Å². The summed E-state index contributed by atoms with van der Waals surface area (Å²) >= 11 is 0. The zero-order valence-electron chi connectivity index (χ0n) is 19.6. The van der Waals surface area contributed by atoms with Crippen LogP contribution in [0, 0.1) is 0 Å². The maximum absolute atomic E-state index is 11.0. The van der Waals surface area contributed by atoms with Crippen LogP contribution in [0.2, 0.25) is 0 Å². The molecule has 3 rings (SSSR count). The lowest BCUT2D eigenvalue weighted by atomic mass is 9.78. The molecule has 0 aliphatic heterocycles. The molecule has 31 heavy (non-hydrogen) atoms. The lowest BCUT2D eigenvalue weighted by Crippen LogP contribution is -2.18. The van der Waals surface area contributed by atoms with Crippen LogP contribution in [0.25, 0.3) is 0 Å². The lowest BCUT2D eigenvalue weighted by molar-refractivity contribution is 0.423. The fourth-order valence-electron chi connectivity index (χ4n) is 3.57. The number of phenols is 1. The van der Waals surface area contributed by atoms with E-state index in [1.54, 1.807) is 0 Å². The van der Waals surface area contributed by atoms with Crippen molar-refractivity contribution < 1.29 is 5.11 Å². The molecule has 0 bridgehead atoms. The van der Waals surface area contributed by atoms with Crippen molar-refractivity contribution in [3.63, 3.8) is 0 Å². The Morgan fingerprint density at radius 1 is 0.774 bits per heavy atom. The van der Waals surface area contributed by atoms with Gasteiger partial charge in [-0.05, 0) is 46.2 Å². The van der Waals surface area contributed by atoms with Crippen LogP contribution in [0.15, 0.2) is 77.9 Å². The summed E-state index contributed by atoms with van der Waals surface area (Å²) in [5.74, 6) is 0.390. The third-order valence-corrected chi connectivity index (χ3v) is 5.32. The van der Waals surface area contributed by atoms with Gasteiger partial charge in [-0.15, -0.1) is 0 Å². The number of para-hydroxylation sites is 1. The number of benzene rings is 3. The number of hydrazone groups is 1. The van der Waals surface area contributed by atoms with Crippen molar-refractivity contribution in [1.82, 2.24) is 0 Å². The molecule has 3 aromatic carbocycles. The highest BCUT2D eigenvalue weighted by molar-refractivity contribution is 5.82. The highest BCUT2D eigenvalue weighted by atomic mass is 16.3. The summed E-state index contributed by atoms with van der Waals surface area (Å²) in [4.78, 5) is 0. The van der Waals surface area contributed by atoms with Gasteiger partial charge >= 0.3 is 0 Å². The summed E-state index contributed by atoms with van der Waals surface area (Å²) in [6.45, 7) is 13.4. The fourth-order valence-corrected chi connectivity index (χ4v) is 3.57. The van der Waals surface area contributed by atoms with Gasteiger partial charge in [-0.25, -0.2) is 0 Å². The summed E-state index contributed by atoms with van der Waals surface area (Å²) in [5, 5.41) is 17.9. The van der Waals surface area contributed by atoms with Crippen molar-refractivity contribution >= 4 is 11.9 Å². The third kappa shape index (κ3) is 5.75. The molecule has 3 heteroatoms. The average Bonchev–Trinajstić information content (AvgIpc) is 2.71. The Labute approximate surface area is 187 Å². The van der Waals surface area contributed by atoms with E-state index in [0.717, 1.165) is 22.4 Å². The van der Waals surface area contributed by atoms with E-state index < -0.39 is 0 Å². The molecule has 3 aromatic rings. The second-order valence-corrected chi connectivity index (χ2v) is 10.1. The van der Waals surface area contributed by atoms with Gasteiger partial charge in [0, 0.05) is 11.1 Å². The molecule has 0 aliphatic rings. The van der Waals surface area contributed by atoms with Crippen LogP contribution in [0.4, 0.5) is 5.69 Å². The minimum Gasteiger partial charge on any atom is -0.507 e. The van der Waals surface area contributed by atoms with Crippen molar-refractivity contribution in [2.24, 2.45) is 5.10 Å². The maximum atomic E-state index is 11.0. The molecule has 3 nitrogen and oxygen atoms in total. The molecule has 0 amide bonds. The number of hydrogen-bond acceptors (Lipinski definition) is 3. The first-order chi connectivity index (χ1) is 14.6. The van der Waals surface area contributed by atoms with E-state index in [4.69, 9.17) is 5.10 Å². The number of aromatic hydroxyl groups is 1. The summed E-state index contributed by atoms with van der Waals surface area (Å²) < 4.78 is 0. The SMILES string of the molecule is CC(C)(C)c1cc(C=NN(Cc2ccccc2)c2ccccc2)cc(C(C)(C)C)c1O. The van der Waals surface area contributed by atoms with Crippen LogP contribution in [0.3, 0.4) is 0 Å². The number of anilines is 1. The topological polar surface area (TPSA) is 35.8 Å². The first-order valence-electron chi connectivity index (χ1n) is 10.8. The summed E-state index contributed by atoms with van der Waals surface area (Å²) in [5.41, 5.74) is 4.76. The molecule has 1 N–H and O–H groups in total. The number of phenolic OH excluding ortho intramolecular Hbond substituents is 1. The van der Waals surface area contributed by atoms with Gasteiger partial charge < -0.3 is 5.11 Å². The van der Waals surface area contributed by atoms with Gasteiger partial charge in [-0.1, -0.05) is 90.1 Å². The monoisotopic (exact) mass is 414 g/mol. The maximum Gasteiger partial charge on any atom is 0.123 e. The molecule has 0 radical (unpaired) electrons. The molecule has 0 atom stereocenters. The van der Waals surface area contributed by atoms with Gasteiger partial charge in [0.15, 0.2) is 0 Å². The molecule has 0 aromatic heterocycles. The van der Waals surface area contributed by atoms with Crippen LogP contribution in [0.5, 0.6) is 5.75 Å². The first-order valence-corrected chi connectivity index (χ1v) is 10.8. The van der Waals surface area contributed by atoms with E-state index in [2.05, 4.69) is 77.9 Å². The Morgan fingerprint density at radius 3 is 1.74 bits per heavy atom. The molecular weight excluding hydrogens is 380 g/mol. The molecule has 0 saturated carbocycles. The quantitative estimate of drug-likeness (QED) is 0.359.